The minimum absolute atomic E-state index is 0.281. The average Bonchev–Trinajstić information content (AvgIpc) is 2.45. The van der Waals surface area contributed by atoms with Crippen LogP contribution in [0.4, 0.5) is 0 Å². The van der Waals surface area contributed by atoms with Crippen molar-refractivity contribution in [1.29, 1.82) is 0 Å². The van der Waals surface area contributed by atoms with Gasteiger partial charge in [0.2, 0.25) is 0 Å². The maximum Gasteiger partial charge on any atom is 0.323 e. The highest BCUT2D eigenvalue weighted by molar-refractivity contribution is 5.94. The topological polar surface area (TPSA) is 79.7 Å². The number of hydrogen-bond acceptors (Lipinski definition) is 4. The van der Waals surface area contributed by atoms with Crippen LogP contribution in [-0.4, -0.2) is 46.6 Å². The van der Waals surface area contributed by atoms with E-state index < -0.39 is 5.97 Å². The molecule has 1 aromatic rings. The molecular formula is C14H18N2O4. The third-order valence-corrected chi connectivity index (χ3v) is 3.12. The number of nitrogens with zero attached hydrogens (tertiary/aromatic N) is 2. The highest BCUT2D eigenvalue weighted by atomic mass is 16.5. The monoisotopic (exact) mass is 278 g/mol. The van der Waals surface area contributed by atoms with Crippen molar-refractivity contribution in [3.63, 3.8) is 0 Å². The number of carboxylic acid groups (broad SMARTS) is 1. The van der Waals surface area contributed by atoms with Gasteiger partial charge in [-0.1, -0.05) is 6.92 Å². The lowest BCUT2D eigenvalue weighted by Crippen LogP contribution is -2.36. The third kappa shape index (κ3) is 3.26. The molecular weight excluding hydrogens is 260 g/mol. The molecule has 0 bridgehead atoms. The van der Waals surface area contributed by atoms with Crippen LogP contribution < -0.4 is 4.74 Å². The molecule has 108 valence electrons. The zero-order valence-electron chi connectivity index (χ0n) is 11.5. The van der Waals surface area contributed by atoms with Crippen molar-refractivity contribution in [2.45, 2.75) is 26.2 Å². The fourth-order valence-electron chi connectivity index (χ4n) is 2.22. The summed E-state index contributed by atoms with van der Waals surface area (Å²) in [6.45, 7) is 2.67. The lowest BCUT2D eigenvalue weighted by molar-refractivity contribution is -0.137. The van der Waals surface area contributed by atoms with Gasteiger partial charge >= 0.3 is 5.97 Å². The smallest absolute Gasteiger partial charge is 0.323 e. The lowest BCUT2D eigenvalue weighted by Gasteiger charge is -2.21. The second kappa shape index (κ2) is 6.36. The summed E-state index contributed by atoms with van der Waals surface area (Å²) in [5.41, 5.74) is 1.24. The van der Waals surface area contributed by atoms with E-state index >= 15 is 0 Å². The molecule has 0 aromatic carbocycles. The Kier molecular flexibility index (Phi) is 4.55. The zero-order chi connectivity index (χ0) is 14.5. The highest BCUT2D eigenvalue weighted by Gasteiger charge is 2.21. The molecule has 0 unspecified atom stereocenters. The first-order valence-electron chi connectivity index (χ1n) is 6.74. The van der Waals surface area contributed by atoms with Gasteiger partial charge in [0.1, 0.15) is 18.0 Å². The summed E-state index contributed by atoms with van der Waals surface area (Å²) >= 11 is 0. The lowest BCUT2D eigenvalue weighted by atomic mass is 10.1. The molecule has 2 rings (SSSR count). The minimum atomic E-state index is -1.02. The van der Waals surface area contributed by atoms with Gasteiger partial charge < -0.3 is 14.7 Å². The SMILES string of the molecule is CCCN(CC(=O)O)C(=O)c1cc2c(cn1)OCCC2. The van der Waals surface area contributed by atoms with E-state index in [4.69, 9.17) is 9.84 Å². The van der Waals surface area contributed by atoms with Gasteiger partial charge in [-0.15, -0.1) is 0 Å². The number of hydrogen-bond donors (Lipinski definition) is 1. The van der Waals surface area contributed by atoms with Gasteiger partial charge in [0.25, 0.3) is 5.91 Å². The molecule has 1 aromatic heterocycles. The number of carbonyl (C=O) groups is 2. The Balaban J connectivity index is 2.20. The molecule has 6 nitrogen and oxygen atoms in total. The normalized spacial score (nSPS) is 13.2. The van der Waals surface area contributed by atoms with Gasteiger partial charge in [-0.3, -0.25) is 9.59 Å². The maximum atomic E-state index is 12.3. The van der Waals surface area contributed by atoms with Gasteiger partial charge in [0.15, 0.2) is 0 Å². The largest absolute Gasteiger partial charge is 0.492 e. The first-order chi connectivity index (χ1) is 9.61. The second-order valence-electron chi connectivity index (χ2n) is 4.75. The molecule has 0 saturated heterocycles. The van der Waals surface area contributed by atoms with Crippen LogP contribution in [0.3, 0.4) is 0 Å². The summed E-state index contributed by atoms with van der Waals surface area (Å²) < 4.78 is 5.45. The molecule has 0 saturated carbocycles. The quantitative estimate of drug-likeness (QED) is 0.879. The molecule has 0 radical (unpaired) electrons. The molecule has 1 N–H and O–H groups in total. The van der Waals surface area contributed by atoms with Gasteiger partial charge in [-0.25, -0.2) is 4.98 Å². The summed E-state index contributed by atoms with van der Waals surface area (Å²) in [5.74, 6) is -0.649. The Morgan fingerprint density at radius 2 is 2.30 bits per heavy atom. The van der Waals surface area contributed by atoms with Crippen LogP contribution in [0.5, 0.6) is 5.75 Å². The molecule has 1 aliphatic rings. The number of carboxylic acids is 1. The predicted molar refractivity (Wildman–Crippen MR) is 71.9 cm³/mol. The minimum Gasteiger partial charge on any atom is -0.492 e. The summed E-state index contributed by atoms with van der Waals surface area (Å²) in [6.07, 6.45) is 4.02. The van der Waals surface area contributed by atoms with E-state index in [-0.39, 0.29) is 18.1 Å². The maximum absolute atomic E-state index is 12.3. The van der Waals surface area contributed by atoms with Crippen molar-refractivity contribution in [1.82, 2.24) is 9.88 Å². The number of pyridine rings is 1. The number of aryl methyl sites for hydroxylation is 1. The van der Waals surface area contributed by atoms with Crippen molar-refractivity contribution in [2.24, 2.45) is 0 Å². The van der Waals surface area contributed by atoms with Gasteiger partial charge in [-0.2, -0.15) is 0 Å². The molecule has 6 heteroatoms. The van der Waals surface area contributed by atoms with Crippen molar-refractivity contribution < 1.29 is 19.4 Å². The molecule has 1 amide bonds. The average molecular weight is 278 g/mol. The first kappa shape index (κ1) is 14.3. The van der Waals surface area contributed by atoms with Crippen molar-refractivity contribution in [2.75, 3.05) is 19.7 Å². The number of aromatic nitrogens is 1. The standard InChI is InChI=1S/C14H18N2O4/c1-2-5-16(9-13(17)18)14(19)11-7-10-4-3-6-20-12(10)8-15-11/h7-8H,2-6,9H2,1H3,(H,17,18). The fourth-order valence-corrected chi connectivity index (χ4v) is 2.22. The Bertz CT molecular complexity index is 516. The van der Waals surface area contributed by atoms with E-state index in [1.54, 1.807) is 12.3 Å². The summed E-state index contributed by atoms with van der Waals surface area (Å²) in [6, 6.07) is 1.71. The van der Waals surface area contributed by atoms with E-state index in [1.165, 1.54) is 4.90 Å². The molecule has 2 heterocycles. The predicted octanol–water partition coefficient (Wildman–Crippen LogP) is 1.34. The Labute approximate surface area is 117 Å². The van der Waals surface area contributed by atoms with Crippen LogP contribution in [-0.2, 0) is 11.2 Å². The highest BCUT2D eigenvalue weighted by Crippen LogP contribution is 2.24. The molecule has 0 atom stereocenters. The van der Waals surface area contributed by atoms with Crippen LogP contribution >= 0.6 is 0 Å². The van der Waals surface area contributed by atoms with Crippen LogP contribution in [0.2, 0.25) is 0 Å². The third-order valence-electron chi connectivity index (χ3n) is 3.12. The van der Waals surface area contributed by atoms with Crippen molar-refractivity contribution in [3.05, 3.63) is 23.5 Å². The van der Waals surface area contributed by atoms with E-state index in [0.29, 0.717) is 25.3 Å². The van der Waals surface area contributed by atoms with Gasteiger partial charge in [-0.05, 0) is 30.9 Å². The first-order valence-corrected chi connectivity index (χ1v) is 6.74. The number of carbonyl (C=O) groups excluding carboxylic acids is 1. The Morgan fingerprint density at radius 3 is 3.00 bits per heavy atom. The van der Waals surface area contributed by atoms with Crippen LogP contribution in [0, 0.1) is 0 Å². The van der Waals surface area contributed by atoms with Crippen molar-refractivity contribution in [3.8, 4) is 5.75 Å². The number of ether oxygens (including phenoxy) is 1. The summed E-state index contributed by atoms with van der Waals surface area (Å²) in [5, 5.41) is 8.86. The van der Waals surface area contributed by atoms with E-state index in [9.17, 15) is 9.59 Å². The number of fused-ring (bicyclic) bond motifs is 1. The van der Waals surface area contributed by atoms with Gasteiger partial charge in [0, 0.05) is 6.54 Å². The van der Waals surface area contributed by atoms with Crippen LogP contribution in [0.1, 0.15) is 35.8 Å². The fraction of sp³-hybridized carbons (Fsp3) is 0.500. The number of rotatable bonds is 5. The number of amides is 1. The Morgan fingerprint density at radius 1 is 1.50 bits per heavy atom. The van der Waals surface area contributed by atoms with Crippen LogP contribution in [0.15, 0.2) is 12.3 Å². The van der Waals surface area contributed by atoms with Gasteiger partial charge in [0.05, 0.1) is 12.8 Å². The van der Waals surface area contributed by atoms with E-state index in [0.717, 1.165) is 18.4 Å². The van der Waals surface area contributed by atoms with Crippen molar-refractivity contribution >= 4 is 11.9 Å². The Hall–Kier alpha value is -2.11. The summed E-state index contributed by atoms with van der Waals surface area (Å²) in [7, 11) is 0. The molecule has 0 aliphatic carbocycles. The molecule has 0 fully saturated rings. The zero-order valence-corrected chi connectivity index (χ0v) is 11.5. The molecule has 0 spiro atoms. The van der Waals surface area contributed by atoms with Crippen LogP contribution in [0.25, 0.3) is 0 Å². The molecule has 20 heavy (non-hydrogen) atoms. The van der Waals surface area contributed by atoms with E-state index in [2.05, 4.69) is 4.98 Å². The van der Waals surface area contributed by atoms with E-state index in [1.807, 2.05) is 6.92 Å². The number of aliphatic carboxylic acids is 1. The second-order valence-corrected chi connectivity index (χ2v) is 4.75. The summed E-state index contributed by atoms with van der Waals surface area (Å²) in [4.78, 5) is 28.5. The molecule has 1 aliphatic heterocycles.